The van der Waals surface area contributed by atoms with E-state index in [-0.39, 0.29) is 11.2 Å². The summed E-state index contributed by atoms with van der Waals surface area (Å²) in [6.45, 7) is 1.78. The second-order valence-electron chi connectivity index (χ2n) is 4.34. The molecule has 0 atom stereocenters. The molecular weight excluding hydrogens is 320 g/mol. The maximum absolute atomic E-state index is 12.5. The Bertz CT molecular complexity index is 951. The van der Waals surface area contributed by atoms with Crippen molar-refractivity contribution in [3.63, 3.8) is 0 Å². The highest BCUT2D eigenvalue weighted by Crippen LogP contribution is 2.16. The Labute approximate surface area is 135 Å². The summed E-state index contributed by atoms with van der Waals surface area (Å²) in [4.78, 5) is 12.5. The first-order valence-electron chi connectivity index (χ1n) is 6.45. The van der Waals surface area contributed by atoms with Crippen LogP contribution in [0.3, 0.4) is 0 Å². The van der Waals surface area contributed by atoms with Gasteiger partial charge in [0.05, 0.1) is 11.4 Å². The number of hydrogen-bond donors (Lipinski definition) is 0. The molecule has 0 bridgehead atoms. The zero-order chi connectivity index (χ0) is 15.5. The number of benzene rings is 1. The van der Waals surface area contributed by atoms with E-state index in [4.69, 9.17) is 11.6 Å². The van der Waals surface area contributed by atoms with Gasteiger partial charge < -0.3 is 0 Å². The molecule has 0 aliphatic carbocycles. The number of rotatable bonds is 3. The van der Waals surface area contributed by atoms with Crippen molar-refractivity contribution in [3.05, 3.63) is 52.0 Å². The molecule has 0 aliphatic heterocycles. The van der Waals surface area contributed by atoms with E-state index >= 15 is 0 Å². The minimum absolute atomic E-state index is 0.245. The van der Waals surface area contributed by atoms with Gasteiger partial charge in [0.25, 0.3) is 0 Å². The molecule has 0 unspecified atom stereocenters. The molecule has 110 valence electrons. The highest BCUT2D eigenvalue weighted by Gasteiger charge is 2.11. The van der Waals surface area contributed by atoms with Gasteiger partial charge >= 0.3 is 5.56 Å². The van der Waals surface area contributed by atoms with Gasteiger partial charge in [0.1, 0.15) is 0 Å². The van der Waals surface area contributed by atoms with E-state index in [1.54, 1.807) is 41.9 Å². The molecule has 1 aromatic carbocycles. The largest absolute Gasteiger partial charge is 0.300 e. The maximum atomic E-state index is 12.5. The molecule has 2 aromatic heterocycles. The van der Waals surface area contributed by atoms with Crippen molar-refractivity contribution in [1.29, 1.82) is 0 Å². The minimum Gasteiger partial charge on any atom is -0.280 e. The predicted molar refractivity (Wildman–Crippen MR) is 87.8 cm³/mol. The van der Waals surface area contributed by atoms with Crippen molar-refractivity contribution in [1.82, 2.24) is 19.2 Å². The number of nitrogens with zero attached hydrogens (tertiary/aromatic N) is 4. The topological polar surface area (TPSA) is 52.2 Å². The molecule has 0 amide bonds. The fourth-order valence-corrected chi connectivity index (χ4v) is 2.88. The summed E-state index contributed by atoms with van der Waals surface area (Å²) >= 11 is 7.42. The van der Waals surface area contributed by atoms with E-state index in [9.17, 15) is 4.79 Å². The van der Waals surface area contributed by atoms with Crippen LogP contribution in [0.15, 0.2) is 46.6 Å². The molecule has 5 nitrogen and oxygen atoms in total. The first-order chi connectivity index (χ1) is 10.7. The van der Waals surface area contributed by atoms with Gasteiger partial charge in [-0.05, 0) is 25.1 Å². The second-order valence-corrected chi connectivity index (χ2v) is 5.72. The van der Waals surface area contributed by atoms with E-state index in [1.807, 2.05) is 6.07 Å². The van der Waals surface area contributed by atoms with Gasteiger partial charge in [-0.2, -0.15) is 0 Å². The van der Waals surface area contributed by atoms with Crippen LogP contribution in [0.25, 0.3) is 11.3 Å². The van der Waals surface area contributed by atoms with Crippen molar-refractivity contribution >= 4 is 29.0 Å². The number of hydrogen-bond acceptors (Lipinski definition) is 4. The fraction of sp³-hybridized carbons (Fsp3) is 0.133. The van der Waals surface area contributed by atoms with E-state index < -0.39 is 0 Å². The third-order valence-corrected chi connectivity index (χ3v) is 4.04. The van der Waals surface area contributed by atoms with E-state index in [0.717, 1.165) is 0 Å². The lowest BCUT2D eigenvalue weighted by atomic mass is 10.3. The van der Waals surface area contributed by atoms with Crippen LogP contribution in [0.2, 0.25) is 5.02 Å². The highest BCUT2D eigenvalue weighted by molar-refractivity contribution is 7.99. The summed E-state index contributed by atoms with van der Waals surface area (Å²) in [5.41, 5.74) is 0.717. The van der Waals surface area contributed by atoms with Crippen molar-refractivity contribution in [2.24, 2.45) is 0 Å². The molecule has 0 N–H and O–H groups in total. The normalized spacial score (nSPS) is 10.5. The van der Waals surface area contributed by atoms with Crippen LogP contribution in [-0.4, -0.2) is 24.9 Å². The summed E-state index contributed by atoms with van der Waals surface area (Å²) in [6.07, 6.45) is 3.44. The van der Waals surface area contributed by atoms with Gasteiger partial charge in [0.15, 0.2) is 5.16 Å². The van der Waals surface area contributed by atoms with Gasteiger partial charge in [0, 0.05) is 17.4 Å². The Balaban J connectivity index is 2.07. The van der Waals surface area contributed by atoms with Crippen molar-refractivity contribution in [2.45, 2.75) is 12.1 Å². The molecule has 7 heteroatoms. The quantitative estimate of drug-likeness (QED) is 0.547. The first kappa shape index (κ1) is 14.7. The van der Waals surface area contributed by atoms with Crippen LogP contribution in [0, 0.1) is 11.8 Å². The maximum Gasteiger partial charge on any atom is 0.300 e. The SMILES string of the molecule is CC#CCSc1nnc2c(=O)n(-c3cccc(Cl)c3)ccn12. The summed E-state index contributed by atoms with van der Waals surface area (Å²) in [6, 6.07) is 7.09. The standard InChI is InChI=1S/C15H11ClN4OS/c1-2-3-9-22-15-18-17-13-14(21)19(7-8-20(13)15)12-6-4-5-11(16)10-12/h4-8,10H,9H2,1H3. The highest BCUT2D eigenvalue weighted by atomic mass is 35.5. The number of aromatic nitrogens is 4. The third kappa shape index (κ3) is 2.73. The summed E-state index contributed by atoms with van der Waals surface area (Å²) in [7, 11) is 0. The average Bonchev–Trinajstić information content (AvgIpc) is 2.92. The Morgan fingerprint density at radius 1 is 1.32 bits per heavy atom. The molecule has 2 heterocycles. The Morgan fingerprint density at radius 2 is 2.18 bits per heavy atom. The molecule has 0 fully saturated rings. The molecule has 0 saturated heterocycles. The van der Waals surface area contributed by atoms with Crippen LogP contribution in [0.1, 0.15) is 6.92 Å². The molecule has 3 rings (SSSR count). The van der Waals surface area contributed by atoms with Gasteiger partial charge in [-0.1, -0.05) is 35.3 Å². The Hall–Kier alpha value is -2.23. The molecule has 0 spiro atoms. The lowest BCUT2D eigenvalue weighted by Gasteiger charge is -2.06. The van der Waals surface area contributed by atoms with Crippen molar-refractivity contribution in [2.75, 3.05) is 5.75 Å². The third-order valence-electron chi connectivity index (χ3n) is 2.98. The van der Waals surface area contributed by atoms with Crippen LogP contribution in [0.5, 0.6) is 0 Å². The van der Waals surface area contributed by atoms with E-state index in [1.165, 1.54) is 16.3 Å². The number of halogens is 1. The average molecular weight is 331 g/mol. The van der Waals surface area contributed by atoms with E-state index in [2.05, 4.69) is 22.0 Å². The number of thioether (sulfide) groups is 1. The van der Waals surface area contributed by atoms with Gasteiger partial charge in [-0.15, -0.1) is 16.1 Å². The smallest absolute Gasteiger partial charge is 0.280 e. The first-order valence-corrected chi connectivity index (χ1v) is 7.82. The van der Waals surface area contributed by atoms with Crippen molar-refractivity contribution in [3.8, 4) is 17.5 Å². The monoisotopic (exact) mass is 330 g/mol. The van der Waals surface area contributed by atoms with Crippen LogP contribution in [0.4, 0.5) is 0 Å². The van der Waals surface area contributed by atoms with Gasteiger partial charge in [-0.3, -0.25) is 13.8 Å². The zero-order valence-corrected chi connectivity index (χ0v) is 13.2. The molecule has 0 saturated carbocycles. The molecule has 22 heavy (non-hydrogen) atoms. The van der Waals surface area contributed by atoms with Crippen molar-refractivity contribution < 1.29 is 0 Å². The zero-order valence-electron chi connectivity index (χ0n) is 11.7. The Kier molecular flexibility index (Phi) is 4.18. The van der Waals surface area contributed by atoms with Crippen LogP contribution in [-0.2, 0) is 0 Å². The lowest BCUT2D eigenvalue weighted by Crippen LogP contribution is -2.20. The van der Waals surface area contributed by atoms with Gasteiger partial charge in [-0.25, -0.2) is 0 Å². The van der Waals surface area contributed by atoms with Crippen LogP contribution < -0.4 is 5.56 Å². The van der Waals surface area contributed by atoms with Gasteiger partial charge in [0.2, 0.25) is 5.65 Å². The van der Waals surface area contributed by atoms with Crippen LogP contribution >= 0.6 is 23.4 Å². The van der Waals surface area contributed by atoms with E-state index in [0.29, 0.717) is 21.6 Å². The summed E-state index contributed by atoms with van der Waals surface area (Å²) < 4.78 is 3.17. The summed E-state index contributed by atoms with van der Waals surface area (Å²) in [5, 5.41) is 9.25. The lowest BCUT2D eigenvalue weighted by molar-refractivity contribution is 0.894. The molecule has 0 radical (unpaired) electrons. The number of fused-ring (bicyclic) bond motifs is 1. The molecule has 0 aliphatic rings. The summed E-state index contributed by atoms with van der Waals surface area (Å²) in [5.74, 6) is 6.37. The fourth-order valence-electron chi connectivity index (χ4n) is 1.97. The molecule has 3 aromatic rings. The Morgan fingerprint density at radius 3 is 2.95 bits per heavy atom. The molecular formula is C15H11ClN4OS. The second kappa shape index (κ2) is 6.26. The minimum atomic E-state index is -0.245. The predicted octanol–water partition coefficient (Wildman–Crippen LogP) is 2.65.